The van der Waals surface area contributed by atoms with Crippen LogP contribution in [0.5, 0.6) is 17.2 Å². The van der Waals surface area contributed by atoms with Gasteiger partial charge in [0.2, 0.25) is 5.75 Å². The third-order valence-corrected chi connectivity index (χ3v) is 4.26. The van der Waals surface area contributed by atoms with E-state index in [1.54, 1.807) is 33.6 Å². The molecule has 0 radical (unpaired) electrons. The highest BCUT2D eigenvalue weighted by atomic mass is 16.5. The highest BCUT2D eigenvalue weighted by molar-refractivity contribution is 6.10. The van der Waals surface area contributed by atoms with Gasteiger partial charge >= 0.3 is 0 Å². The maximum absolute atomic E-state index is 12.7. The number of H-pyrrole nitrogens is 1. The van der Waals surface area contributed by atoms with Crippen LogP contribution in [0.2, 0.25) is 0 Å². The quantitative estimate of drug-likeness (QED) is 0.684. The fourth-order valence-electron chi connectivity index (χ4n) is 3.00. The van der Waals surface area contributed by atoms with Gasteiger partial charge in [-0.2, -0.15) is 0 Å². The standard InChI is InChI=1S/C20H22N2O4/c1-24-16-11-15-17(19(26-3)18(16)25-2)14(12-22-15)20(23)21-10-9-13-7-5-4-6-8-13/h4-8,11-12,22H,9-10H2,1-3H3,(H,21,23). The number of benzene rings is 2. The minimum absolute atomic E-state index is 0.169. The lowest BCUT2D eigenvalue weighted by atomic mass is 10.1. The molecule has 136 valence electrons. The second kappa shape index (κ2) is 7.82. The van der Waals surface area contributed by atoms with Crippen LogP contribution in [-0.4, -0.2) is 38.8 Å². The molecule has 0 bridgehead atoms. The molecule has 0 aliphatic heterocycles. The predicted octanol–water partition coefficient (Wildman–Crippen LogP) is 3.17. The highest BCUT2D eigenvalue weighted by Crippen LogP contribution is 2.44. The Bertz CT molecular complexity index is 903. The first-order chi connectivity index (χ1) is 12.7. The molecule has 0 atom stereocenters. The van der Waals surface area contributed by atoms with E-state index >= 15 is 0 Å². The van der Waals surface area contributed by atoms with Crippen LogP contribution >= 0.6 is 0 Å². The predicted molar refractivity (Wildman–Crippen MR) is 100 cm³/mol. The molecule has 0 saturated heterocycles. The van der Waals surface area contributed by atoms with Crippen molar-refractivity contribution in [3.8, 4) is 17.2 Å². The van der Waals surface area contributed by atoms with Gasteiger partial charge in [-0.25, -0.2) is 0 Å². The summed E-state index contributed by atoms with van der Waals surface area (Å²) in [6, 6.07) is 11.8. The SMILES string of the molecule is COc1cc2[nH]cc(C(=O)NCCc3ccccc3)c2c(OC)c1OC. The zero-order valence-electron chi connectivity index (χ0n) is 15.1. The van der Waals surface area contributed by atoms with E-state index in [4.69, 9.17) is 14.2 Å². The third-order valence-electron chi connectivity index (χ3n) is 4.26. The summed E-state index contributed by atoms with van der Waals surface area (Å²) >= 11 is 0. The minimum Gasteiger partial charge on any atom is -0.493 e. The second-order valence-electron chi connectivity index (χ2n) is 5.76. The molecule has 1 amide bonds. The first kappa shape index (κ1) is 17.7. The summed E-state index contributed by atoms with van der Waals surface area (Å²) in [5, 5.41) is 3.63. The number of fused-ring (bicyclic) bond motifs is 1. The van der Waals surface area contributed by atoms with Crippen LogP contribution < -0.4 is 19.5 Å². The van der Waals surface area contributed by atoms with E-state index in [-0.39, 0.29) is 5.91 Å². The van der Waals surface area contributed by atoms with E-state index in [0.29, 0.717) is 34.7 Å². The number of rotatable bonds is 7. The fourth-order valence-corrected chi connectivity index (χ4v) is 3.00. The van der Waals surface area contributed by atoms with Crippen molar-refractivity contribution in [2.45, 2.75) is 6.42 Å². The van der Waals surface area contributed by atoms with E-state index < -0.39 is 0 Å². The number of aromatic nitrogens is 1. The van der Waals surface area contributed by atoms with Gasteiger partial charge < -0.3 is 24.5 Å². The Balaban J connectivity index is 1.86. The van der Waals surface area contributed by atoms with Crippen LogP contribution in [-0.2, 0) is 6.42 Å². The van der Waals surface area contributed by atoms with Crippen molar-refractivity contribution < 1.29 is 19.0 Å². The molecule has 0 unspecified atom stereocenters. The number of amides is 1. The summed E-state index contributed by atoms with van der Waals surface area (Å²) in [5.41, 5.74) is 2.43. The monoisotopic (exact) mass is 354 g/mol. The van der Waals surface area contributed by atoms with Gasteiger partial charge in [-0.1, -0.05) is 30.3 Å². The largest absolute Gasteiger partial charge is 0.493 e. The van der Waals surface area contributed by atoms with Crippen molar-refractivity contribution >= 4 is 16.8 Å². The summed E-state index contributed by atoms with van der Waals surface area (Å²) in [5.74, 6) is 1.30. The van der Waals surface area contributed by atoms with Crippen molar-refractivity contribution in [1.29, 1.82) is 0 Å². The van der Waals surface area contributed by atoms with Crippen molar-refractivity contribution in [3.63, 3.8) is 0 Å². The van der Waals surface area contributed by atoms with E-state index in [1.165, 1.54) is 5.56 Å². The molecule has 0 aliphatic carbocycles. The molecule has 6 nitrogen and oxygen atoms in total. The molecule has 0 spiro atoms. The smallest absolute Gasteiger partial charge is 0.253 e. The van der Waals surface area contributed by atoms with Gasteiger partial charge in [-0.3, -0.25) is 4.79 Å². The van der Waals surface area contributed by atoms with E-state index in [0.717, 1.165) is 11.9 Å². The number of aromatic amines is 1. The third kappa shape index (κ3) is 3.31. The number of ether oxygens (including phenoxy) is 3. The molecule has 3 aromatic rings. The molecule has 26 heavy (non-hydrogen) atoms. The Labute approximate surface area is 152 Å². The number of hydrogen-bond acceptors (Lipinski definition) is 4. The van der Waals surface area contributed by atoms with Crippen LogP contribution in [0, 0.1) is 0 Å². The molecule has 6 heteroatoms. The van der Waals surface area contributed by atoms with Crippen LogP contribution in [0.4, 0.5) is 0 Å². The van der Waals surface area contributed by atoms with Crippen molar-refractivity contribution in [1.82, 2.24) is 10.3 Å². The van der Waals surface area contributed by atoms with Gasteiger partial charge in [0, 0.05) is 18.8 Å². The number of carbonyl (C=O) groups is 1. The van der Waals surface area contributed by atoms with Gasteiger partial charge in [0.15, 0.2) is 11.5 Å². The summed E-state index contributed by atoms with van der Waals surface area (Å²) in [6.45, 7) is 0.547. The van der Waals surface area contributed by atoms with Crippen LogP contribution in [0.15, 0.2) is 42.6 Å². The Kier molecular flexibility index (Phi) is 5.31. The molecule has 1 aromatic heterocycles. The number of hydrogen-bond donors (Lipinski definition) is 2. The molecule has 2 N–H and O–H groups in total. The maximum Gasteiger partial charge on any atom is 0.253 e. The lowest BCUT2D eigenvalue weighted by Gasteiger charge is -2.14. The normalized spacial score (nSPS) is 10.6. The Morgan fingerprint density at radius 2 is 1.77 bits per heavy atom. The van der Waals surface area contributed by atoms with Gasteiger partial charge in [0.1, 0.15) is 0 Å². The summed E-state index contributed by atoms with van der Waals surface area (Å²) in [4.78, 5) is 15.8. The molecule has 2 aromatic carbocycles. The van der Waals surface area contributed by atoms with E-state index in [9.17, 15) is 4.79 Å². The lowest BCUT2D eigenvalue weighted by Crippen LogP contribution is -2.25. The van der Waals surface area contributed by atoms with Crippen LogP contribution in [0.25, 0.3) is 10.9 Å². The molecule has 0 saturated carbocycles. The summed E-state index contributed by atoms with van der Waals surface area (Å²) < 4.78 is 16.3. The topological polar surface area (TPSA) is 72.6 Å². The van der Waals surface area contributed by atoms with Gasteiger partial charge in [-0.05, 0) is 12.0 Å². The van der Waals surface area contributed by atoms with E-state index in [2.05, 4.69) is 10.3 Å². The van der Waals surface area contributed by atoms with Crippen molar-refractivity contribution in [2.75, 3.05) is 27.9 Å². The first-order valence-corrected chi connectivity index (χ1v) is 8.31. The molecular weight excluding hydrogens is 332 g/mol. The zero-order chi connectivity index (χ0) is 18.5. The Morgan fingerprint density at radius 1 is 1.04 bits per heavy atom. The average molecular weight is 354 g/mol. The Hall–Kier alpha value is -3.15. The van der Waals surface area contributed by atoms with Gasteiger partial charge in [-0.15, -0.1) is 0 Å². The van der Waals surface area contributed by atoms with E-state index in [1.807, 2.05) is 30.3 Å². The highest BCUT2D eigenvalue weighted by Gasteiger charge is 2.22. The second-order valence-corrected chi connectivity index (χ2v) is 5.76. The average Bonchev–Trinajstić information content (AvgIpc) is 3.10. The maximum atomic E-state index is 12.7. The Morgan fingerprint density at radius 3 is 2.42 bits per heavy atom. The van der Waals surface area contributed by atoms with Crippen LogP contribution in [0.1, 0.15) is 15.9 Å². The minimum atomic E-state index is -0.169. The molecular formula is C20H22N2O4. The molecule has 3 rings (SSSR count). The lowest BCUT2D eigenvalue weighted by molar-refractivity contribution is 0.0955. The first-order valence-electron chi connectivity index (χ1n) is 8.31. The summed E-state index contributed by atoms with van der Waals surface area (Å²) in [6.07, 6.45) is 2.44. The molecule has 1 heterocycles. The number of methoxy groups -OCH3 is 3. The molecule has 0 fully saturated rings. The van der Waals surface area contributed by atoms with Crippen molar-refractivity contribution in [2.24, 2.45) is 0 Å². The molecule has 0 aliphatic rings. The van der Waals surface area contributed by atoms with Gasteiger partial charge in [0.05, 0.1) is 37.8 Å². The van der Waals surface area contributed by atoms with Crippen LogP contribution in [0.3, 0.4) is 0 Å². The number of nitrogens with one attached hydrogen (secondary N) is 2. The van der Waals surface area contributed by atoms with Crippen molar-refractivity contribution in [3.05, 3.63) is 53.7 Å². The zero-order valence-corrected chi connectivity index (χ0v) is 15.1. The fraction of sp³-hybridized carbons (Fsp3) is 0.250. The number of carbonyl (C=O) groups excluding carboxylic acids is 1. The summed E-state index contributed by atoms with van der Waals surface area (Å²) in [7, 11) is 4.64. The van der Waals surface area contributed by atoms with Gasteiger partial charge in [0.25, 0.3) is 5.91 Å².